The lowest BCUT2D eigenvalue weighted by Crippen LogP contribution is -2.09. The Hall–Kier alpha value is -1.84. The van der Waals surface area contributed by atoms with Crippen LogP contribution < -0.4 is 0 Å². The van der Waals surface area contributed by atoms with Crippen LogP contribution in [-0.4, -0.2) is 0 Å². The van der Waals surface area contributed by atoms with Crippen molar-refractivity contribution in [3.8, 4) is 11.1 Å². The van der Waals surface area contributed by atoms with Crippen LogP contribution in [0.15, 0.2) is 42.5 Å². The SMILES string of the molecule is CC(C)(C)Cc1cccc(-c2ccc(C(F)(F)F)c(F)c2)c1. The van der Waals surface area contributed by atoms with Crippen LogP contribution in [0, 0.1) is 11.2 Å². The number of alkyl halides is 3. The van der Waals surface area contributed by atoms with E-state index in [1.54, 1.807) is 6.07 Å². The molecule has 0 fully saturated rings. The average Bonchev–Trinajstić information content (AvgIpc) is 2.35. The topological polar surface area (TPSA) is 0 Å². The summed E-state index contributed by atoms with van der Waals surface area (Å²) in [5, 5.41) is 0. The Morgan fingerprint density at radius 3 is 2.05 bits per heavy atom. The molecule has 0 atom stereocenters. The van der Waals surface area contributed by atoms with Crippen molar-refractivity contribution in [3.63, 3.8) is 0 Å². The molecule has 4 heteroatoms. The zero-order valence-electron chi connectivity index (χ0n) is 12.8. The first-order valence-corrected chi connectivity index (χ1v) is 7.02. The van der Waals surface area contributed by atoms with Crippen molar-refractivity contribution in [2.24, 2.45) is 5.41 Å². The summed E-state index contributed by atoms with van der Waals surface area (Å²) < 4.78 is 51.5. The third-order valence-corrected chi connectivity index (χ3v) is 3.27. The van der Waals surface area contributed by atoms with Crippen molar-refractivity contribution in [2.75, 3.05) is 0 Å². The fourth-order valence-corrected chi connectivity index (χ4v) is 2.40. The van der Waals surface area contributed by atoms with Gasteiger partial charge in [0, 0.05) is 0 Å². The maximum absolute atomic E-state index is 13.7. The molecule has 0 saturated carbocycles. The Balaban J connectivity index is 2.37. The van der Waals surface area contributed by atoms with Crippen LogP contribution in [-0.2, 0) is 12.6 Å². The van der Waals surface area contributed by atoms with E-state index in [1.165, 1.54) is 6.07 Å². The number of hydrogen-bond acceptors (Lipinski definition) is 0. The molecule has 0 radical (unpaired) electrons. The van der Waals surface area contributed by atoms with E-state index in [9.17, 15) is 17.6 Å². The van der Waals surface area contributed by atoms with Crippen molar-refractivity contribution in [2.45, 2.75) is 33.4 Å². The molecule has 0 amide bonds. The second-order valence-electron chi connectivity index (χ2n) is 6.63. The lowest BCUT2D eigenvalue weighted by molar-refractivity contribution is -0.139. The van der Waals surface area contributed by atoms with Crippen molar-refractivity contribution < 1.29 is 17.6 Å². The lowest BCUT2D eigenvalue weighted by atomic mass is 9.87. The third-order valence-electron chi connectivity index (χ3n) is 3.27. The van der Waals surface area contributed by atoms with E-state index in [0.29, 0.717) is 5.56 Å². The van der Waals surface area contributed by atoms with Crippen molar-refractivity contribution in [1.82, 2.24) is 0 Å². The molecule has 0 spiro atoms. The van der Waals surface area contributed by atoms with Gasteiger partial charge in [-0.3, -0.25) is 0 Å². The zero-order valence-corrected chi connectivity index (χ0v) is 12.8. The van der Waals surface area contributed by atoms with E-state index in [0.717, 1.165) is 29.7 Å². The van der Waals surface area contributed by atoms with Gasteiger partial charge in [-0.05, 0) is 40.7 Å². The average molecular weight is 310 g/mol. The highest BCUT2D eigenvalue weighted by molar-refractivity contribution is 5.64. The van der Waals surface area contributed by atoms with E-state index in [2.05, 4.69) is 20.8 Å². The van der Waals surface area contributed by atoms with Gasteiger partial charge >= 0.3 is 6.18 Å². The number of benzene rings is 2. The normalized spacial score (nSPS) is 12.5. The van der Waals surface area contributed by atoms with Gasteiger partial charge in [0.05, 0.1) is 5.56 Å². The predicted molar refractivity (Wildman–Crippen MR) is 80.0 cm³/mol. The van der Waals surface area contributed by atoms with Crippen LogP contribution in [0.1, 0.15) is 31.9 Å². The summed E-state index contributed by atoms with van der Waals surface area (Å²) in [6.45, 7) is 6.33. The molecule has 0 bridgehead atoms. The summed E-state index contributed by atoms with van der Waals surface area (Å²) in [7, 11) is 0. The second kappa shape index (κ2) is 5.75. The molecule has 2 aromatic rings. The highest BCUT2D eigenvalue weighted by Gasteiger charge is 2.33. The lowest BCUT2D eigenvalue weighted by Gasteiger charge is -2.18. The van der Waals surface area contributed by atoms with Gasteiger partial charge in [0.15, 0.2) is 0 Å². The van der Waals surface area contributed by atoms with Crippen LogP contribution in [0.2, 0.25) is 0 Å². The van der Waals surface area contributed by atoms with E-state index in [4.69, 9.17) is 0 Å². The quantitative estimate of drug-likeness (QED) is 0.588. The third kappa shape index (κ3) is 4.09. The summed E-state index contributed by atoms with van der Waals surface area (Å²) in [6.07, 6.45) is -3.83. The first-order chi connectivity index (χ1) is 10.1. The molecule has 0 unspecified atom stereocenters. The van der Waals surface area contributed by atoms with Gasteiger partial charge in [0.2, 0.25) is 0 Å². The molecule has 0 aromatic heterocycles. The molecule has 0 aliphatic carbocycles. The predicted octanol–water partition coefficient (Wildman–Crippen LogP) is 6.10. The minimum Gasteiger partial charge on any atom is -0.206 e. The van der Waals surface area contributed by atoms with Gasteiger partial charge in [-0.1, -0.05) is 51.1 Å². The first kappa shape index (κ1) is 16.5. The molecular weight excluding hydrogens is 292 g/mol. The Kier molecular flexibility index (Phi) is 4.32. The van der Waals surface area contributed by atoms with Crippen molar-refractivity contribution in [3.05, 3.63) is 59.4 Å². The minimum atomic E-state index is -4.67. The van der Waals surface area contributed by atoms with Gasteiger partial charge in [0.25, 0.3) is 0 Å². The van der Waals surface area contributed by atoms with Gasteiger partial charge in [-0.25, -0.2) is 4.39 Å². The number of rotatable bonds is 2. The smallest absolute Gasteiger partial charge is 0.206 e. The van der Waals surface area contributed by atoms with E-state index < -0.39 is 17.6 Å². The molecule has 0 aliphatic heterocycles. The highest BCUT2D eigenvalue weighted by atomic mass is 19.4. The molecule has 0 saturated heterocycles. The summed E-state index contributed by atoms with van der Waals surface area (Å²) in [5.74, 6) is -1.24. The Morgan fingerprint density at radius 1 is 0.864 bits per heavy atom. The monoisotopic (exact) mass is 310 g/mol. The maximum Gasteiger partial charge on any atom is 0.419 e. The van der Waals surface area contributed by atoms with Gasteiger partial charge < -0.3 is 0 Å². The molecule has 22 heavy (non-hydrogen) atoms. The molecule has 118 valence electrons. The minimum absolute atomic E-state index is 0.101. The Morgan fingerprint density at radius 2 is 1.50 bits per heavy atom. The summed E-state index contributed by atoms with van der Waals surface area (Å²) in [4.78, 5) is 0. The number of halogens is 4. The number of hydrogen-bond donors (Lipinski definition) is 0. The molecule has 2 rings (SSSR count). The summed E-state index contributed by atoms with van der Waals surface area (Å²) in [5.41, 5.74) is 1.10. The maximum atomic E-state index is 13.7. The Labute approximate surface area is 127 Å². The van der Waals surface area contributed by atoms with E-state index in [1.807, 2.05) is 18.2 Å². The molecule has 0 aliphatic rings. The Bertz CT molecular complexity index is 664. The van der Waals surface area contributed by atoms with Crippen molar-refractivity contribution >= 4 is 0 Å². The highest BCUT2D eigenvalue weighted by Crippen LogP contribution is 2.34. The molecule has 2 aromatic carbocycles. The summed E-state index contributed by atoms with van der Waals surface area (Å²) in [6, 6.07) is 10.5. The van der Waals surface area contributed by atoms with Crippen LogP contribution >= 0.6 is 0 Å². The van der Waals surface area contributed by atoms with Crippen LogP contribution in [0.25, 0.3) is 11.1 Å². The zero-order chi connectivity index (χ0) is 16.5. The summed E-state index contributed by atoms with van der Waals surface area (Å²) >= 11 is 0. The standard InChI is InChI=1S/C18H18F4/c1-17(2,3)11-12-5-4-6-13(9-12)14-7-8-15(16(19)10-14)18(20,21)22/h4-10H,11H2,1-3H3. The van der Waals surface area contributed by atoms with Crippen molar-refractivity contribution in [1.29, 1.82) is 0 Å². The van der Waals surface area contributed by atoms with Crippen LogP contribution in [0.4, 0.5) is 17.6 Å². The first-order valence-electron chi connectivity index (χ1n) is 7.02. The molecular formula is C18H18F4. The van der Waals surface area contributed by atoms with Gasteiger partial charge in [-0.2, -0.15) is 13.2 Å². The molecule has 0 N–H and O–H groups in total. The van der Waals surface area contributed by atoms with E-state index in [-0.39, 0.29) is 5.41 Å². The second-order valence-corrected chi connectivity index (χ2v) is 6.63. The molecule has 0 heterocycles. The van der Waals surface area contributed by atoms with E-state index >= 15 is 0 Å². The van der Waals surface area contributed by atoms with Gasteiger partial charge in [0.1, 0.15) is 5.82 Å². The van der Waals surface area contributed by atoms with Gasteiger partial charge in [-0.15, -0.1) is 0 Å². The fraction of sp³-hybridized carbons (Fsp3) is 0.333. The fourth-order valence-electron chi connectivity index (χ4n) is 2.40. The van der Waals surface area contributed by atoms with Crippen LogP contribution in [0.3, 0.4) is 0 Å². The van der Waals surface area contributed by atoms with Crippen LogP contribution in [0.5, 0.6) is 0 Å². The largest absolute Gasteiger partial charge is 0.419 e. The molecule has 0 nitrogen and oxygen atoms in total.